The summed E-state index contributed by atoms with van der Waals surface area (Å²) in [5, 5.41) is 9.13. The van der Waals surface area contributed by atoms with Crippen molar-refractivity contribution in [2.24, 2.45) is 10.8 Å². The van der Waals surface area contributed by atoms with E-state index in [1.807, 2.05) is 0 Å². The van der Waals surface area contributed by atoms with Gasteiger partial charge in [-0.15, -0.1) is 0 Å². The Balaban J connectivity index is 2.25. The molecule has 0 radical (unpaired) electrons. The topological polar surface area (TPSA) is 37.3 Å². The molecule has 0 heterocycles. The zero-order valence-corrected chi connectivity index (χ0v) is 7.60. The van der Waals surface area contributed by atoms with Gasteiger partial charge in [0.05, 0.1) is 5.41 Å². The van der Waals surface area contributed by atoms with Crippen LogP contribution in [0.25, 0.3) is 0 Å². The minimum absolute atomic E-state index is 0.326. The van der Waals surface area contributed by atoms with E-state index in [2.05, 4.69) is 6.92 Å². The van der Waals surface area contributed by atoms with Crippen molar-refractivity contribution in [2.45, 2.75) is 45.4 Å². The summed E-state index contributed by atoms with van der Waals surface area (Å²) in [5.74, 6) is -0.550. The van der Waals surface area contributed by atoms with Gasteiger partial charge in [0.25, 0.3) is 0 Å². The van der Waals surface area contributed by atoms with Crippen molar-refractivity contribution >= 4 is 5.97 Å². The van der Waals surface area contributed by atoms with Gasteiger partial charge >= 0.3 is 5.97 Å². The Morgan fingerprint density at radius 2 is 2.00 bits per heavy atom. The molecule has 0 aromatic rings. The number of hydrogen-bond acceptors (Lipinski definition) is 1. The van der Waals surface area contributed by atoms with Gasteiger partial charge in [0.15, 0.2) is 0 Å². The van der Waals surface area contributed by atoms with Gasteiger partial charge in [-0.25, -0.2) is 0 Å². The second kappa shape index (κ2) is 2.24. The molecule has 2 nitrogen and oxygen atoms in total. The minimum atomic E-state index is -0.550. The van der Waals surface area contributed by atoms with Crippen molar-refractivity contribution < 1.29 is 9.90 Å². The molecule has 2 aliphatic rings. The Bertz CT molecular complexity index is 224. The van der Waals surface area contributed by atoms with Crippen LogP contribution in [0.5, 0.6) is 0 Å². The molecule has 2 bridgehead atoms. The molecule has 0 aromatic carbocycles. The number of rotatable bonds is 1. The van der Waals surface area contributed by atoms with Crippen LogP contribution in [0.15, 0.2) is 0 Å². The predicted molar refractivity (Wildman–Crippen MR) is 45.9 cm³/mol. The lowest BCUT2D eigenvalue weighted by Crippen LogP contribution is -2.32. The average molecular weight is 168 g/mol. The third kappa shape index (κ3) is 0.970. The number of fused-ring (bicyclic) bond motifs is 2. The zero-order valence-electron chi connectivity index (χ0n) is 7.60. The van der Waals surface area contributed by atoms with Crippen LogP contribution >= 0.6 is 0 Å². The van der Waals surface area contributed by atoms with Crippen molar-refractivity contribution in [2.75, 3.05) is 0 Å². The highest BCUT2D eigenvalue weighted by molar-refractivity contribution is 5.75. The van der Waals surface area contributed by atoms with Crippen LogP contribution < -0.4 is 0 Å². The average Bonchev–Trinajstić information content (AvgIpc) is 2.24. The summed E-state index contributed by atoms with van der Waals surface area (Å²) < 4.78 is 0. The van der Waals surface area contributed by atoms with Crippen LogP contribution in [0.2, 0.25) is 0 Å². The highest BCUT2D eigenvalue weighted by atomic mass is 16.4. The second-order valence-electron chi connectivity index (χ2n) is 4.93. The SMILES string of the molecule is CC12CCCC(C(=O)O)(CC1)C2. The third-order valence-corrected chi connectivity index (χ3v) is 3.86. The highest BCUT2D eigenvalue weighted by Gasteiger charge is 2.52. The molecular formula is C10H16O2. The smallest absolute Gasteiger partial charge is 0.309 e. The first kappa shape index (κ1) is 8.09. The van der Waals surface area contributed by atoms with Crippen LogP contribution in [0.3, 0.4) is 0 Å². The summed E-state index contributed by atoms with van der Waals surface area (Å²) in [6.07, 6.45) is 6.23. The van der Waals surface area contributed by atoms with E-state index in [-0.39, 0.29) is 5.41 Å². The minimum Gasteiger partial charge on any atom is -0.481 e. The molecule has 68 valence electrons. The van der Waals surface area contributed by atoms with Crippen LogP contribution in [0, 0.1) is 10.8 Å². The van der Waals surface area contributed by atoms with Gasteiger partial charge in [-0.3, -0.25) is 4.79 Å². The summed E-state index contributed by atoms with van der Waals surface area (Å²) in [6, 6.07) is 0. The fraction of sp³-hybridized carbons (Fsp3) is 0.900. The fourth-order valence-electron chi connectivity index (χ4n) is 3.10. The van der Waals surface area contributed by atoms with E-state index in [0.29, 0.717) is 5.41 Å². The second-order valence-corrected chi connectivity index (χ2v) is 4.93. The molecule has 2 saturated carbocycles. The van der Waals surface area contributed by atoms with Crippen LogP contribution in [0.1, 0.15) is 45.4 Å². The normalized spacial score (nSPS) is 46.1. The molecule has 0 aliphatic heterocycles. The number of carbonyl (C=O) groups is 1. The molecule has 0 aromatic heterocycles. The van der Waals surface area contributed by atoms with Gasteiger partial charge in [-0.2, -0.15) is 0 Å². The van der Waals surface area contributed by atoms with Gasteiger partial charge in [0.1, 0.15) is 0 Å². The van der Waals surface area contributed by atoms with E-state index in [0.717, 1.165) is 32.1 Å². The van der Waals surface area contributed by atoms with Gasteiger partial charge < -0.3 is 5.11 Å². The number of carboxylic acids is 1. The van der Waals surface area contributed by atoms with E-state index in [1.165, 1.54) is 6.42 Å². The van der Waals surface area contributed by atoms with Crippen LogP contribution in [-0.2, 0) is 4.79 Å². The van der Waals surface area contributed by atoms with E-state index in [1.54, 1.807) is 0 Å². The Morgan fingerprint density at radius 3 is 2.58 bits per heavy atom. The fourth-order valence-corrected chi connectivity index (χ4v) is 3.10. The van der Waals surface area contributed by atoms with Crippen molar-refractivity contribution in [1.29, 1.82) is 0 Å². The molecule has 0 spiro atoms. The quantitative estimate of drug-likeness (QED) is 0.653. The largest absolute Gasteiger partial charge is 0.481 e. The molecule has 0 saturated heterocycles. The highest BCUT2D eigenvalue weighted by Crippen LogP contribution is 2.58. The first-order valence-electron chi connectivity index (χ1n) is 4.80. The maximum absolute atomic E-state index is 11.1. The van der Waals surface area contributed by atoms with Gasteiger partial charge in [-0.1, -0.05) is 13.3 Å². The summed E-state index contributed by atoms with van der Waals surface area (Å²) in [5.41, 5.74) is 0.0314. The van der Waals surface area contributed by atoms with Crippen molar-refractivity contribution in [3.05, 3.63) is 0 Å². The summed E-state index contributed by atoms with van der Waals surface area (Å²) in [6.45, 7) is 2.25. The van der Waals surface area contributed by atoms with Crippen LogP contribution in [-0.4, -0.2) is 11.1 Å². The van der Waals surface area contributed by atoms with Crippen molar-refractivity contribution in [1.82, 2.24) is 0 Å². The van der Waals surface area contributed by atoms with Crippen LogP contribution in [0.4, 0.5) is 0 Å². The Morgan fingerprint density at radius 1 is 1.25 bits per heavy atom. The number of hydrogen-bond donors (Lipinski definition) is 1. The monoisotopic (exact) mass is 168 g/mol. The predicted octanol–water partition coefficient (Wildman–Crippen LogP) is 2.43. The van der Waals surface area contributed by atoms with E-state index in [9.17, 15) is 4.79 Å². The maximum atomic E-state index is 11.1. The maximum Gasteiger partial charge on any atom is 0.309 e. The molecule has 2 rings (SSSR count). The molecule has 2 fully saturated rings. The molecule has 2 unspecified atom stereocenters. The van der Waals surface area contributed by atoms with E-state index >= 15 is 0 Å². The molecule has 0 amide bonds. The Labute approximate surface area is 73.0 Å². The molecule has 1 N–H and O–H groups in total. The molecule has 12 heavy (non-hydrogen) atoms. The van der Waals surface area contributed by atoms with E-state index in [4.69, 9.17) is 5.11 Å². The Kier molecular flexibility index (Phi) is 1.51. The first-order valence-corrected chi connectivity index (χ1v) is 4.80. The van der Waals surface area contributed by atoms with Gasteiger partial charge in [-0.05, 0) is 37.5 Å². The molecule has 2 aliphatic carbocycles. The van der Waals surface area contributed by atoms with Gasteiger partial charge in [0, 0.05) is 0 Å². The summed E-state index contributed by atoms with van der Waals surface area (Å²) >= 11 is 0. The molecule has 2 heteroatoms. The number of carboxylic acid groups (broad SMARTS) is 1. The van der Waals surface area contributed by atoms with E-state index < -0.39 is 5.97 Å². The first-order chi connectivity index (χ1) is 5.56. The lowest BCUT2D eigenvalue weighted by atomic mass is 9.70. The summed E-state index contributed by atoms with van der Waals surface area (Å²) in [4.78, 5) is 11.1. The van der Waals surface area contributed by atoms with Crippen molar-refractivity contribution in [3.63, 3.8) is 0 Å². The third-order valence-electron chi connectivity index (χ3n) is 3.86. The molecular weight excluding hydrogens is 152 g/mol. The Hall–Kier alpha value is -0.530. The summed E-state index contributed by atoms with van der Waals surface area (Å²) in [7, 11) is 0. The van der Waals surface area contributed by atoms with Gasteiger partial charge in [0.2, 0.25) is 0 Å². The standard InChI is InChI=1S/C10H16O2/c1-9-3-2-4-10(7-9,6-5-9)8(11)12/h2-7H2,1H3,(H,11,12). The zero-order chi connectivity index (χ0) is 8.82. The lowest BCUT2D eigenvalue weighted by molar-refractivity contribution is -0.150. The number of aliphatic carboxylic acids is 1. The molecule has 2 atom stereocenters. The lowest BCUT2D eigenvalue weighted by Gasteiger charge is -2.34. The van der Waals surface area contributed by atoms with Crippen molar-refractivity contribution in [3.8, 4) is 0 Å².